The number of likely N-dealkylation sites (N-methyl/N-ethyl adjacent to an activating group) is 1. The highest BCUT2D eigenvalue weighted by molar-refractivity contribution is 5.95. The number of amides is 1. The molecule has 0 aromatic carbocycles. The van der Waals surface area contributed by atoms with Crippen LogP contribution < -0.4 is 0 Å². The van der Waals surface area contributed by atoms with Gasteiger partial charge in [0.1, 0.15) is 0 Å². The molecule has 0 aliphatic carbocycles. The molecule has 0 aliphatic rings. The summed E-state index contributed by atoms with van der Waals surface area (Å²) in [7, 11) is 1.84. The van der Waals surface area contributed by atoms with Gasteiger partial charge in [0.2, 0.25) is 0 Å². The summed E-state index contributed by atoms with van der Waals surface area (Å²) in [5, 5.41) is 0. The van der Waals surface area contributed by atoms with Crippen molar-refractivity contribution in [2.24, 2.45) is 0 Å². The third-order valence-corrected chi connectivity index (χ3v) is 4.63. The summed E-state index contributed by atoms with van der Waals surface area (Å²) in [6.45, 7) is 5.33. The first-order valence-corrected chi connectivity index (χ1v) is 8.78. The van der Waals surface area contributed by atoms with Gasteiger partial charge >= 0.3 is 0 Å². The number of hydrogen-bond donors (Lipinski definition) is 0. The molecular weight excluding hydrogens is 324 g/mol. The molecule has 0 saturated heterocycles. The van der Waals surface area contributed by atoms with E-state index in [-0.39, 0.29) is 5.91 Å². The molecule has 0 bridgehead atoms. The maximum Gasteiger partial charge on any atom is 0.255 e. The Bertz CT molecular complexity index is 872. The third kappa shape index (κ3) is 3.99. The van der Waals surface area contributed by atoms with Crippen LogP contribution in [0.25, 0.3) is 0 Å². The standard InChI is InChI=1S/C21H24N4O/c1-16-14-20(17(2)25(16)15-19-9-5-7-12-23-19)21(26)24(3)13-10-18-8-4-6-11-22-18/h4-9,11-12,14H,10,13,15H2,1-3H3. The average Bonchev–Trinajstić information content (AvgIpc) is 2.95. The van der Waals surface area contributed by atoms with E-state index >= 15 is 0 Å². The molecule has 3 aromatic rings. The van der Waals surface area contributed by atoms with E-state index in [4.69, 9.17) is 0 Å². The lowest BCUT2D eigenvalue weighted by atomic mass is 10.2. The average molecular weight is 348 g/mol. The zero-order chi connectivity index (χ0) is 18.5. The van der Waals surface area contributed by atoms with Gasteiger partial charge in [-0.3, -0.25) is 14.8 Å². The Hall–Kier alpha value is -2.95. The summed E-state index contributed by atoms with van der Waals surface area (Å²) in [5.41, 5.74) is 4.77. The van der Waals surface area contributed by atoms with E-state index in [1.54, 1.807) is 17.3 Å². The Morgan fingerprint density at radius 3 is 2.31 bits per heavy atom. The molecule has 3 rings (SSSR count). The van der Waals surface area contributed by atoms with Crippen molar-refractivity contribution >= 4 is 5.91 Å². The Labute approximate surface area is 154 Å². The maximum absolute atomic E-state index is 12.9. The first-order chi connectivity index (χ1) is 12.6. The lowest BCUT2D eigenvalue weighted by Gasteiger charge is -2.17. The number of aryl methyl sites for hydroxylation is 1. The number of carbonyl (C=O) groups is 1. The van der Waals surface area contributed by atoms with Crippen LogP contribution >= 0.6 is 0 Å². The molecule has 0 spiro atoms. The molecule has 0 unspecified atom stereocenters. The molecule has 3 heterocycles. The highest BCUT2D eigenvalue weighted by atomic mass is 16.2. The van der Waals surface area contributed by atoms with Crippen LogP contribution in [0.15, 0.2) is 54.9 Å². The minimum atomic E-state index is 0.0429. The summed E-state index contributed by atoms with van der Waals surface area (Å²) < 4.78 is 2.14. The van der Waals surface area contributed by atoms with Crippen LogP contribution in [0.2, 0.25) is 0 Å². The summed E-state index contributed by atoms with van der Waals surface area (Å²) in [6.07, 6.45) is 4.32. The van der Waals surface area contributed by atoms with E-state index in [1.807, 2.05) is 63.4 Å². The number of pyridine rings is 2. The normalized spacial score (nSPS) is 10.7. The van der Waals surface area contributed by atoms with E-state index in [0.29, 0.717) is 13.1 Å². The minimum absolute atomic E-state index is 0.0429. The monoisotopic (exact) mass is 348 g/mol. The summed E-state index contributed by atoms with van der Waals surface area (Å²) in [5.74, 6) is 0.0429. The van der Waals surface area contributed by atoms with Gasteiger partial charge in [0.05, 0.1) is 17.8 Å². The fraction of sp³-hybridized carbons (Fsp3) is 0.286. The molecule has 26 heavy (non-hydrogen) atoms. The third-order valence-electron chi connectivity index (χ3n) is 4.63. The van der Waals surface area contributed by atoms with Gasteiger partial charge < -0.3 is 9.47 Å². The second-order valence-electron chi connectivity index (χ2n) is 6.49. The zero-order valence-corrected chi connectivity index (χ0v) is 15.5. The second kappa shape index (κ2) is 7.95. The molecule has 5 heteroatoms. The van der Waals surface area contributed by atoms with E-state index in [0.717, 1.165) is 34.8 Å². The molecule has 0 saturated carbocycles. The molecule has 134 valence electrons. The van der Waals surface area contributed by atoms with Crippen molar-refractivity contribution in [1.29, 1.82) is 0 Å². The first kappa shape index (κ1) is 17.9. The summed E-state index contributed by atoms with van der Waals surface area (Å²) >= 11 is 0. The number of nitrogens with zero attached hydrogens (tertiary/aromatic N) is 4. The number of carbonyl (C=O) groups excluding carboxylic acids is 1. The maximum atomic E-state index is 12.9. The second-order valence-corrected chi connectivity index (χ2v) is 6.49. The Balaban J connectivity index is 1.72. The van der Waals surface area contributed by atoms with Gasteiger partial charge in [0.25, 0.3) is 5.91 Å². The largest absolute Gasteiger partial charge is 0.342 e. The molecule has 1 amide bonds. The predicted octanol–water partition coefficient (Wildman–Crippen LogP) is 3.26. The first-order valence-electron chi connectivity index (χ1n) is 8.78. The van der Waals surface area contributed by atoms with Crippen LogP contribution in [0.1, 0.15) is 33.1 Å². The molecule has 0 radical (unpaired) electrons. The lowest BCUT2D eigenvalue weighted by molar-refractivity contribution is 0.0795. The van der Waals surface area contributed by atoms with Crippen molar-refractivity contribution in [2.75, 3.05) is 13.6 Å². The number of rotatable bonds is 6. The van der Waals surface area contributed by atoms with E-state index in [9.17, 15) is 4.79 Å². The predicted molar refractivity (Wildman–Crippen MR) is 102 cm³/mol. The minimum Gasteiger partial charge on any atom is -0.342 e. The van der Waals surface area contributed by atoms with Gasteiger partial charge in [-0.15, -0.1) is 0 Å². The quantitative estimate of drug-likeness (QED) is 0.687. The summed E-state index contributed by atoms with van der Waals surface area (Å²) in [4.78, 5) is 23.3. The van der Waals surface area contributed by atoms with Gasteiger partial charge in [-0.1, -0.05) is 12.1 Å². The van der Waals surface area contributed by atoms with Gasteiger partial charge in [-0.05, 0) is 44.2 Å². The van der Waals surface area contributed by atoms with Gasteiger partial charge in [-0.25, -0.2) is 0 Å². The fourth-order valence-electron chi connectivity index (χ4n) is 3.05. The molecule has 0 fully saturated rings. The highest BCUT2D eigenvalue weighted by Gasteiger charge is 2.19. The van der Waals surface area contributed by atoms with Crippen molar-refractivity contribution in [1.82, 2.24) is 19.4 Å². The van der Waals surface area contributed by atoms with Crippen molar-refractivity contribution in [3.8, 4) is 0 Å². The molecule has 5 nitrogen and oxygen atoms in total. The van der Waals surface area contributed by atoms with Crippen molar-refractivity contribution in [2.45, 2.75) is 26.8 Å². The van der Waals surface area contributed by atoms with Crippen LogP contribution in [0.3, 0.4) is 0 Å². The Morgan fingerprint density at radius 2 is 1.69 bits per heavy atom. The molecule has 3 aromatic heterocycles. The Kier molecular flexibility index (Phi) is 5.46. The van der Waals surface area contributed by atoms with Crippen molar-refractivity contribution < 1.29 is 4.79 Å². The van der Waals surface area contributed by atoms with Crippen LogP contribution in [-0.2, 0) is 13.0 Å². The topological polar surface area (TPSA) is 51.0 Å². The molecule has 0 atom stereocenters. The lowest BCUT2D eigenvalue weighted by Crippen LogP contribution is -2.29. The fourth-order valence-corrected chi connectivity index (χ4v) is 3.05. The van der Waals surface area contributed by atoms with Crippen LogP contribution in [0.5, 0.6) is 0 Å². The van der Waals surface area contributed by atoms with Gasteiger partial charge in [-0.2, -0.15) is 0 Å². The van der Waals surface area contributed by atoms with E-state index in [2.05, 4.69) is 14.5 Å². The van der Waals surface area contributed by atoms with Crippen molar-refractivity contribution in [3.05, 3.63) is 83.2 Å². The van der Waals surface area contributed by atoms with Gasteiger partial charge in [0, 0.05) is 49.5 Å². The van der Waals surface area contributed by atoms with Crippen LogP contribution in [-0.4, -0.2) is 38.9 Å². The molecule has 0 aliphatic heterocycles. The van der Waals surface area contributed by atoms with Crippen LogP contribution in [0.4, 0.5) is 0 Å². The summed E-state index contributed by atoms with van der Waals surface area (Å²) in [6, 6.07) is 13.7. The zero-order valence-electron chi connectivity index (χ0n) is 15.5. The van der Waals surface area contributed by atoms with Gasteiger partial charge in [0.15, 0.2) is 0 Å². The number of aromatic nitrogens is 3. The molecule has 0 N–H and O–H groups in total. The number of hydrogen-bond acceptors (Lipinski definition) is 3. The highest BCUT2D eigenvalue weighted by Crippen LogP contribution is 2.18. The molecular formula is C21H24N4O. The van der Waals surface area contributed by atoms with Crippen molar-refractivity contribution in [3.63, 3.8) is 0 Å². The van der Waals surface area contributed by atoms with Crippen LogP contribution in [0, 0.1) is 13.8 Å². The van der Waals surface area contributed by atoms with E-state index < -0.39 is 0 Å². The SMILES string of the molecule is Cc1cc(C(=O)N(C)CCc2ccccn2)c(C)n1Cc1ccccn1. The van der Waals surface area contributed by atoms with E-state index in [1.165, 1.54) is 0 Å². The Morgan fingerprint density at radius 1 is 1.04 bits per heavy atom. The smallest absolute Gasteiger partial charge is 0.255 e.